The number of hydrogen-bond acceptors (Lipinski definition) is 12. The van der Waals surface area contributed by atoms with E-state index in [-0.39, 0.29) is 72.5 Å². The number of benzene rings is 2. The molecular formula is C31H29F2N6O11P. The second-order valence-electron chi connectivity index (χ2n) is 12.5. The summed E-state index contributed by atoms with van der Waals surface area (Å²) in [5, 5.41) is 17.0. The van der Waals surface area contributed by atoms with E-state index in [2.05, 4.69) is 10.3 Å². The lowest BCUT2D eigenvalue weighted by atomic mass is 10.1. The van der Waals surface area contributed by atoms with Crippen molar-refractivity contribution in [2.45, 2.75) is 50.1 Å². The number of cyclic esters (lactones) is 1. The van der Waals surface area contributed by atoms with Crippen molar-refractivity contribution < 1.29 is 56.2 Å². The van der Waals surface area contributed by atoms with Gasteiger partial charge >= 0.3 is 19.9 Å². The number of carbonyl (C=O) groups excluding carboxylic acids is 1. The zero-order chi connectivity index (χ0) is 35.6. The molecule has 2 aromatic heterocycles. The number of aromatic carboxylic acids is 1. The lowest BCUT2D eigenvalue weighted by molar-refractivity contribution is 0.0499. The van der Waals surface area contributed by atoms with Crippen molar-refractivity contribution >= 4 is 42.2 Å². The van der Waals surface area contributed by atoms with Crippen molar-refractivity contribution in [1.29, 1.82) is 0 Å². The van der Waals surface area contributed by atoms with Crippen molar-refractivity contribution in [2.24, 2.45) is 0 Å². The molecule has 4 atom stereocenters. The summed E-state index contributed by atoms with van der Waals surface area (Å²) >= 11 is 0. The van der Waals surface area contributed by atoms with Gasteiger partial charge in [-0.3, -0.25) is 14.2 Å². The molecule has 5 heterocycles. The van der Waals surface area contributed by atoms with Gasteiger partial charge < -0.3 is 33.7 Å². The SMILES string of the molecule is O=C(O)c1cn(C2CC2)c2c3c(c(F)cc2c1=O)N1C[C@@H](OP(=O)(O)OCOc2ccc(N4C[C@@H](Cn5ccnn5)OC4=O)cc2F)C[C@H]1CO3. The minimum atomic E-state index is -4.77. The van der Waals surface area contributed by atoms with Crippen LogP contribution in [-0.4, -0.2) is 86.4 Å². The van der Waals surface area contributed by atoms with Gasteiger partial charge in [0.1, 0.15) is 24.0 Å². The fourth-order valence-electron chi connectivity index (χ4n) is 6.72. The number of hydrogen-bond donors (Lipinski definition) is 2. The molecule has 268 valence electrons. The number of carboxylic acids is 1. The van der Waals surface area contributed by atoms with E-state index in [4.69, 9.17) is 23.3 Å². The minimum absolute atomic E-state index is 0.0330. The van der Waals surface area contributed by atoms with Crippen molar-refractivity contribution in [3.05, 3.63) is 70.3 Å². The highest BCUT2D eigenvalue weighted by Crippen LogP contribution is 2.50. The number of halogens is 2. The molecule has 2 saturated heterocycles. The number of amides is 1. The second-order valence-corrected chi connectivity index (χ2v) is 14.0. The van der Waals surface area contributed by atoms with E-state index >= 15 is 4.39 Å². The Balaban J connectivity index is 0.910. The number of carbonyl (C=O) groups is 2. The summed E-state index contributed by atoms with van der Waals surface area (Å²) in [4.78, 5) is 50.4. The Morgan fingerprint density at radius 2 is 1.94 bits per heavy atom. The van der Waals surface area contributed by atoms with Crippen LogP contribution in [0, 0.1) is 11.6 Å². The first kappa shape index (κ1) is 33.1. The molecule has 4 aliphatic rings. The van der Waals surface area contributed by atoms with Crippen molar-refractivity contribution in [1.82, 2.24) is 19.6 Å². The number of aromatic nitrogens is 4. The van der Waals surface area contributed by atoms with Crippen LogP contribution < -0.4 is 24.7 Å². The smallest absolute Gasteiger partial charge is 0.475 e. The van der Waals surface area contributed by atoms with Crippen molar-refractivity contribution in [3.63, 3.8) is 0 Å². The molecule has 3 fully saturated rings. The summed E-state index contributed by atoms with van der Waals surface area (Å²) in [6, 6.07) is 4.16. The van der Waals surface area contributed by atoms with Gasteiger partial charge in [0.05, 0.1) is 48.0 Å². The zero-order valence-corrected chi connectivity index (χ0v) is 27.4. The average molecular weight is 731 g/mol. The Hall–Kier alpha value is -5.10. The summed E-state index contributed by atoms with van der Waals surface area (Å²) in [5.41, 5.74) is -0.775. The van der Waals surface area contributed by atoms with Crippen LogP contribution in [0.4, 0.5) is 25.0 Å². The lowest BCUT2D eigenvalue weighted by Gasteiger charge is -2.34. The van der Waals surface area contributed by atoms with E-state index in [0.29, 0.717) is 0 Å². The van der Waals surface area contributed by atoms with E-state index in [1.165, 1.54) is 34.1 Å². The molecule has 1 amide bonds. The molecular weight excluding hydrogens is 701 g/mol. The van der Waals surface area contributed by atoms with Crippen molar-refractivity contribution in [2.75, 3.05) is 36.3 Å². The van der Waals surface area contributed by atoms with Gasteiger partial charge in [0.2, 0.25) is 12.2 Å². The summed E-state index contributed by atoms with van der Waals surface area (Å²) in [5.74, 6) is -3.34. The van der Waals surface area contributed by atoms with E-state index < -0.39 is 67.6 Å². The second kappa shape index (κ2) is 12.6. The molecule has 8 rings (SSSR count). The van der Waals surface area contributed by atoms with E-state index in [9.17, 15) is 33.3 Å². The first-order valence-corrected chi connectivity index (χ1v) is 17.4. The van der Waals surface area contributed by atoms with Crippen LogP contribution >= 0.6 is 7.82 Å². The average Bonchev–Trinajstić information content (AvgIpc) is 3.44. The molecule has 0 radical (unpaired) electrons. The third kappa shape index (κ3) is 6.26. The minimum Gasteiger partial charge on any atom is -0.487 e. The standard InChI is InChI=1S/C31H29F2N6O11P/c32-23-8-17(39-12-20(49-31(39)43)10-36-6-5-34-35-36)3-4-25(23)47-15-48-51(44,45)50-19-7-18-14-46-29-26-21(9-24(33)27(29)37(18)11-19)28(40)22(30(41)42)13-38(26)16-1-2-16/h3-6,8-9,13,16,18-20H,1-2,7,10-12,14-15H2,(H,41,42)(H,44,45)/t18-,19-,20+/m0/s1. The molecule has 20 heteroatoms. The van der Waals surface area contributed by atoms with Gasteiger partial charge in [-0.2, -0.15) is 0 Å². The van der Waals surface area contributed by atoms with Gasteiger partial charge in [-0.15, -0.1) is 5.10 Å². The zero-order valence-electron chi connectivity index (χ0n) is 26.5. The Morgan fingerprint density at radius 1 is 1.12 bits per heavy atom. The number of phosphoric ester groups is 1. The van der Waals surface area contributed by atoms with Crippen LogP contribution in [0.15, 0.2) is 47.7 Å². The Bertz CT molecular complexity index is 2160. The van der Waals surface area contributed by atoms with Crippen molar-refractivity contribution in [3.8, 4) is 11.5 Å². The van der Waals surface area contributed by atoms with Gasteiger partial charge in [0.15, 0.2) is 23.1 Å². The molecule has 1 aliphatic carbocycles. The van der Waals surface area contributed by atoms with Gasteiger partial charge in [-0.25, -0.2) is 32.1 Å². The largest absolute Gasteiger partial charge is 0.487 e. The number of anilines is 2. The highest BCUT2D eigenvalue weighted by molar-refractivity contribution is 7.47. The predicted octanol–water partition coefficient (Wildman–Crippen LogP) is 3.44. The molecule has 17 nitrogen and oxygen atoms in total. The molecule has 3 aliphatic heterocycles. The molecule has 1 unspecified atom stereocenters. The number of carboxylic acid groups (broad SMARTS) is 1. The molecule has 0 bridgehead atoms. The fourth-order valence-corrected chi connectivity index (χ4v) is 7.49. The van der Waals surface area contributed by atoms with Crippen LogP contribution in [-0.2, 0) is 24.9 Å². The maximum absolute atomic E-state index is 15.7. The van der Waals surface area contributed by atoms with Crippen LogP contribution in [0.5, 0.6) is 11.5 Å². The highest BCUT2D eigenvalue weighted by atomic mass is 31.2. The molecule has 1 saturated carbocycles. The molecule has 2 N–H and O–H groups in total. The van der Waals surface area contributed by atoms with E-state index in [1.54, 1.807) is 15.7 Å². The Morgan fingerprint density at radius 3 is 2.67 bits per heavy atom. The Labute approximate surface area is 286 Å². The van der Waals surface area contributed by atoms with Gasteiger partial charge in [0.25, 0.3) is 0 Å². The first-order valence-electron chi connectivity index (χ1n) is 15.9. The summed E-state index contributed by atoms with van der Waals surface area (Å²) in [6.07, 6.45) is 3.91. The van der Waals surface area contributed by atoms with E-state index in [1.807, 2.05) is 0 Å². The number of fused-ring (bicyclic) bond motifs is 5. The maximum atomic E-state index is 15.7. The maximum Gasteiger partial charge on any atom is 0.475 e. The molecule has 2 aromatic carbocycles. The summed E-state index contributed by atoms with van der Waals surface area (Å²) < 4.78 is 73.5. The summed E-state index contributed by atoms with van der Waals surface area (Å²) in [6.45, 7) is -0.450. The fraction of sp³-hybridized carbons (Fsp3) is 0.387. The van der Waals surface area contributed by atoms with Crippen LogP contribution in [0.3, 0.4) is 0 Å². The van der Waals surface area contributed by atoms with Crippen LogP contribution in [0.1, 0.15) is 35.7 Å². The molecule has 51 heavy (non-hydrogen) atoms. The van der Waals surface area contributed by atoms with Gasteiger partial charge in [-0.05, 0) is 37.5 Å². The molecule has 4 aromatic rings. The highest BCUT2D eigenvalue weighted by Gasteiger charge is 2.44. The van der Waals surface area contributed by atoms with Crippen LogP contribution in [0.2, 0.25) is 0 Å². The monoisotopic (exact) mass is 730 g/mol. The third-order valence-electron chi connectivity index (χ3n) is 9.13. The number of phosphoric acid groups is 1. The first-order chi connectivity index (χ1) is 24.5. The lowest BCUT2D eigenvalue weighted by Crippen LogP contribution is -2.39. The molecule has 0 spiro atoms. The number of pyridine rings is 1. The third-order valence-corrected chi connectivity index (χ3v) is 10.1. The normalized spacial score (nSPS) is 22.3. The van der Waals surface area contributed by atoms with E-state index in [0.717, 1.165) is 25.0 Å². The number of rotatable bonds is 11. The quantitative estimate of drug-likeness (QED) is 0.168. The van der Waals surface area contributed by atoms with Gasteiger partial charge in [0, 0.05) is 31.0 Å². The summed E-state index contributed by atoms with van der Waals surface area (Å²) in [7, 11) is -4.77. The topological polar surface area (TPSA) is 197 Å². The van der Waals surface area contributed by atoms with Crippen LogP contribution in [0.25, 0.3) is 10.9 Å². The number of ether oxygens (including phenoxy) is 3. The predicted molar refractivity (Wildman–Crippen MR) is 170 cm³/mol. The Kier molecular flexibility index (Phi) is 8.16. The van der Waals surface area contributed by atoms with Gasteiger partial charge in [-0.1, -0.05) is 5.21 Å². The number of nitrogens with zero attached hydrogens (tertiary/aromatic N) is 6.